The molecule has 128 valence electrons. The molecule has 24 heavy (non-hydrogen) atoms. The van der Waals surface area contributed by atoms with Crippen molar-refractivity contribution in [1.29, 1.82) is 0 Å². The summed E-state index contributed by atoms with van der Waals surface area (Å²) in [6.07, 6.45) is 1.76. The fraction of sp³-hybridized carbons (Fsp3) is 0.368. The van der Waals surface area contributed by atoms with E-state index in [-0.39, 0.29) is 0 Å². The first kappa shape index (κ1) is 16.8. The van der Waals surface area contributed by atoms with Gasteiger partial charge in [-0.05, 0) is 68.0 Å². The highest BCUT2D eigenvalue weighted by Crippen LogP contribution is 2.36. The Bertz CT molecular complexity index is 888. The van der Waals surface area contributed by atoms with E-state index in [2.05, 4.69) is 0 Å². The summed E-state index contributed by atoms with van der Waals surface area (Å²) in [5.41, 5.74) is 4.24. The lowest BCUT2D eigenvalue weighted by Gasteiger charge is -2.31. The van der Waals surface area contributed by atoms with Gasteiger partial charge in [-0.15, -0.1) is 0 Å². The van der Waals surface area contributed by atoms with Crippen LogP contribution in [0.5, 0.6) is 5.75 Å². The van der Waals surface area contributed by atoms with E-state index in [9.17, 15) is 8.42 Å². The summed E-state index contributed by atoms with van der Waals surface area (Å²) in [6.45, 7) is 6.10. The van der Waals surface area contributed by atoms with Crippen molar-refractivity contribution in [2.45, 2.75) is 38.5 Å². The van der Waals surface area contributed by atoms with Crippen molar-refractivity contribution < 1.29 is 13.2 Å². The minimum Gasteiger partial charge on any atom is -0.496 e. The number of sulfonamides is 1. The Morgan fingerprint density at radius 3 is 2.50 bits per heavy atom. The molecule has 2 aromatic carbocycles. The number of rotatable bonds is 3. The van der Waals surface area contributed by atoms with E-state index in [0.29, 0.717) is 11.4 Å². The SMILES string of the molecule is COc1cc(C)c(S(=O)(=O)N2CCCc3ccccc32)c(C)c1C. The number of hydrogen-bond acceptors (Lipinski definition) is 3. The Morgan fingerprint density at radius 2 is 1.79 bits per heavy atom. The monoisotopic (exact) mass is 345 g/mol. The lowest BCUT2D eigenvalue weighted by molar-refractivity contribution is 0.410. The molecule has 1 heterocycles. The number of para-hydroxylation sites is 1. The van der Waals surface area contributed by atoms with Gasteiger partial charge in [0, 0.05) is 6.54 Å². The first-order valence-corrected chi connectivity index (χ1v) is 9.57. The highest BCUT2D eigenvalue weighted by molar-refractivity contribution is 7.93. The summed E-state index contributed by atoms with van der Waals surface area (Å²) < 4.78 is 33.8. The average molecular weight is 345 g/mol. The largest absolute Gasteiger partial charge is 0.496 e. The Balaban J connectivity index is 2.19. The summed E-state index contributed by atoms with van der Waals surface area (Å²) in [6, 6.07) is 9.57. The first-order valence-electron chi connectivity index (χ1n) is 8.13. The Hall–Kier alpha value is -2.01. The Labute approximate surface area is 144 Å². The van der Waals surface area contributed by atoms with E-state index in [0.717, 1.165) is 46.5 Å². The molecule has 3 rings (SSSR count). The van der Waals surface area contributed by atoms with E-state index < -0.39 is 10.0 Å². The molecule has 0 atom stereocenters. The van der Waals surface area contributed by atoms with Gasteiger partial charge < -0.3 is 4.74 Å². The van der Waals surface area contributed by atoms with Crippen LogP contribution in [0.3, 0.4) is 0 Å². The minimum absolute atomic E-state index is 0.400. The molecule has 1 aliphatic rings. The highest BCUT2D eigenvalue weighted by Gasteiger charge is 2.32. The number of fused-ring (bicyclic) bond motifs is 1. The molecule has 0 radical (unpaired) electrons. The molecule has 0 saturated heterocycles. The van der Waals surface area contributed by atoms with Gasteiger partial charge in [0.2, 0.25) is 0 Å². The molecule has 2 aromatic rings. The van der Waals surface area contributed by atoms with Crippen LogP contribution in [0.25, 0.3) is 0 Å². The van der Waals surface area contributed by atoms with Crippen LogP contribution in [0.1, 0.15) is 28.7 Å². The van der Waals surface area contributed by atoms with Gasteiger partial charge in [-0.25, -0.2) is 8.42 Å². The van der Waals surface area contributed by atoms with Crippen LogP contribution in [-0.4, -0.2) is 22.1 Å². The second-order valence-electron chi connectivity index (χ2n) is 6.28. The van der Waals surface area contributed by atoms with Gasteiger partial charge in [0.15, 0.2) is 0 Å². The molecule has 0 bridgehead atoms. The normalized spacial score (nSPS) is 14.4. The standard InChI is InChI=1S/C19H23NO3S/c1-13-12-18(23-4)14(2)15(3)19(13)24(21,22)20-11-7-9-16-8-5-6-10-17(16)20/h5-6,8,10,12H,7,9,11H2,1-4H3. The molecule has 0 amide bonds. The summed E-state index contributed by atoms with van der Waals surface area (Å²) >= 11 is 0. The predicted octanol–water partition coefficient (Wildman–Crippen LogP) is 3.76. The maximum absolute atomic E-state index is 13.4. The third kappa shape index (κ3) is 2.57. The van der Waals surface area contributed by atoms with E-state index in [1.54, 1.807) is 11.4 Å². The lowest BCUT2D eigenvalue weighted by Crippen LogP contribution is -2.36. The number of ether oxygens (including phenoxy) is 1. The zero-order valence-electron chi connectivity index (χ0n) is 14.6. The molecule has 4 nitrogen and oxygen atoms in total. The summed E-state index contributed by atoms with van der Waals surface area (Å²) in [7, 11) is -2.00. The third-order valence-corrected chi connectivity index (χ3v) is 6.92. The van der Waals surface area contributed by atoms with Gasteiger partial charge in [0.25, 0.3) is 10.0 Å². The van der Waals surface area contributed by atoms with Gasteiger partial charge in [0.1, 0.15) is 5.75 Å². The average Bonchev–Trinajstić information content (AvgIpc) is 2.57. The molecule has 5 heteroatoms. The predicted molar refractivity (Wildman–Crippen MR) is 96.5 cm³/mol. The molecule has 0 saturated carbocycles. The molecule has 0 N–H and O–H groups in total. The molecule has 0 spiro atoms. The van der Waals surface area contributed by atoms with Crippen molar-refractivity contribution in [3.8, 4) is 5.75 Å². The van der Waals surface area contributed by atoms with Crippen LogP contribution in [0.15, 0.2) is 35.2 Å². The van der Waals surface area contributed by atoms with Crippen molar-refractivity contribution in [2.75, 3.05) is 18.0 Å². The fourth-order valence-electron chi connectivity index (χ4n) is 3.49. The van der Waals surface area contributed by atoms with Crippen LogP contribution in [-0.2, 0) is 16.4 Å². The minimum atomic E-state index is -3.61. The van der Waals surface area contributed by atoms with E-state index in [1.165, 1.54) is 0 Å². The van der Waals surface area contributed by atoms with Crippen LogP contribution in [0, 0.1) is 20.8 Å². The molecular formula is C19H23NO3S. The smallest absolute Gasteiger partial charge is 0.264 e. The van der Waals surface area contributed by atoms with Crippen molar-refractivity contribution in [3.05, 3.63) is 52.6 Å². The third-order valence-electron chi connectivity index (χ3n) is 4.81. The Kier molecular flexibility index (Phi) is 4.30. The number of nitrogens with zero attached hydrogens (tertiary/aromatic N) is 1. The van der Waals surface area contributed by atoms with Crippen molar-refractivity contribution in [3.63, 3.8) is 0 Å². The van der Waals surface area contributed by atoms with E-state index in [4.69, 9.17) is 4.74 Å². The van der Waals surface area contributed by atoms with Crippen LogP contribution >= 0.6 is 0 Å². The number of aryl methyl sites for hydroxylation is 2. The molecule has 0 fully saturated rings. The number of methoxy groups -OCH3 is 1. The first-order chi connectivity index (χ1) is 11.4. The molecule has 0 unspecified atom stereocenters. The molecule has 1 aliphatic heterocycles. The molecule has 0 aliphatic carbocycles. The summed E-state index contributed by atoms with van der Waals surface area (Å²) in [5.74, 6) is 0.725. The van der Waals surface area contributed by atoms with Crippen molar-refractivity contribution in [1.82, 2.24) is 0 Å². The number of anilines is 1. The Morgan fingerprint density at radius 1 is 1.08 bits per heavy atom. The van der Waals surface area contributed by atoms with Crippen LogP contribution in [0.4, 0.5) is 5.69 Å². The number of benzene rings is 2. The van der Waals surface area contributed by atoms with Gasteiger partial charge in [0.05, 0.1) is 17.7 Å². The summed E-state index contributed by atoms with van der Waals surface area (Å²) in [5, 5.41) is 0. The number of hydrogen-bond donors (Lipinski definition) is 0. The maximum Gasteiger partial charge on any atom is 0.264 e. The lowest BCUT2D eigenvalue weighted by atomic mass is 10.0. The zero-order valence-corrected chi connectivity index (χ0v) is 15.4. The van der Waals surface area contributed by atoms with Gasteiger partial charge in [-0.3, -0.25) is 4.31 Å². The topological polar surface area (TPSA) is 46.6 Å². The fourth-order valence-corrected chi connectivity index (χ4v) is 5.52. The summed E-state index contributed by atoms with van der Waals surface area (Å²) in [4.78, 5) is 0.400. The quantitative estimate of drug-likeness (QED) is 0.851. The zero-order chi connectivity index (χ0) is 17.5. The second-order valence-corrected chi connectivity index (χ2v) is 8.08. The molecular weight excluding hydrogens is 322 g/mol. The molecule has 0 aromatic heterocycles. The van der Waals surface area contributed by atoms with Gasteiger partial charge in [-0.2, -0.15) is 0 Å². The van der Waals surface area contributed by atoms with Crippen molar-refractivity contribution >= 4 is 15.7 Å². The van der Waals surface area contributed by atoms with Gasteiger partial charge in [-0.1, -0.05) is 18.2 Å². The maximum atomic E-state index is 13.4. The highest BCUT2D eigenvalue weighted by atomic mass is 32.2. The van der Waals surface area contributed by atoms with E-state index in [1.807, 2.05) is 51.1 Å². The van der Waals surface area contributed by atoms with Crippen LogP contribution in [0.2, 0.25) is 0 Å². The van der Waals surface area contributed by atoms with Crippen molar-refractivity contribution in [2.24, 2.45) is 0 Å². The van der Waals surface area contributed by atoms with Gasteiger partial charge >= 0.3 is 0 Å². The second kappa shape index (κ2) is 6.13. The van der Waals surface area contributed by atoms with Crippen LogP contribution < -0.4 is 9.04 Å². The van der Waals surface area contributed by atoms with E-state index >= 15 is 0 Å².